The molecule has 0 atom stereocenters. The van der Waals surface area contributed by atoms with Crippen LogP contribution < -0.4 is 0 Å². The summed E-state index contributed by atoms with van der Waals surface area (Å²) >= 11 is 2.16. The molecule has 0 fully saturated rings. The standard InChI is InChI=1S/C5H12.CBrF3S/c1-3-5-4-2;2-6-1(3,4)5/h3-5H2,1-2H3;. The second-order valence-electron chi connectivity index (χ2n) is 1.88. The van der Waals surface area contributed by atoms with Crippen molar-refractivity contribution >= 4 is 25.0 Å². The molecule has 0 aromatic heterocycles. The lowest BCUT2D eigenvalue weighted by molar-refractivity contribution is -0.0309. The van der Waals surface area contributed by atoms with E-state index in [1.54, 1.807) is 0 Å². The van der Waals surface area contributed by atoms with Gasteiger partial charge in [-0.1, -0.05) is 33.1 Å². The monoisotopic (exact) mass is 252 g/mol. The van der Waals surface area contributed by atoms with Crippen LogP contribution in [0.15, 0.2) is 0 Å². The molecule has 0 aliphatic rings. The van der Waals surface area contributed by atoms with Crippen molar-refractivity contribution in [3.05, 3.63) is 0 Å². The molecule has 11 heavy (non-hydrogen) atoms. The lowest BCUT2D eigenvalue weighted by Gasteiger charge is -1.93. The van der Waals surface area contributed by atoms with Gasteiger partial charge in [0, 0.05) is 10.2 Å². The Morgan fingerprint density at radius 2 is 1.45 bits per heavy atom. The van der Waals surface area contributed by atoms with E-state index < -0.39 is 5.51 Å². The predicted octanol–water partition coefficient (Wildman–Crippen LogP) is 4.75. The second kappa shape index (κ2) is 8.71. The topological polar surface area (TPSA) is 0 Å². The third-order valence-electron chi connectivity index (χ3n) is 0.795. The van der Waals surface area contributed by atoms with E-state index in [-0.39, 0.29) is 10.2 Å². The zero-order valence-corrected chi connectivity index (χ0v) is 8.94. The van der Waals surface area contributed by atoms with Gasteiger partial charge in [0.25, 0.3) is 0 Å². The molecule has 0 aliphatic carbocycles. The SMILES string of the molecule is CCCCC.FC(F)(F)SBr. The van der Waals surface area contributed by atoms with Crippen LogP contribution in [0.5, 0.6) is 0 Å². The molecule has 0 heterocycles. The molecule has 0 radical (unpaired) electrons. The molecule has 0 saturated heterocycles. The van der Waals surface area contributed by atoms with Crippen LogP contribution in [0.4, 0.5) is 13.2 Å². The first kappa shape index (κ1) is 14.2. The highest BCUT2D eigenvalue weighted by atomic mass is 79.9. The van der Waals surface area contributed by atoms with Gasteiger partial charge in [-0.05, 0) is 14.8 Å². The molecule has 0 rings (SSSR count). The van der Waals surface area contributed by atoms with Gasteiger partial charge in [0.1, 0.15) is 0 Å². The number of halogens is 4. The van der Waals surface area contributed by atoms with E-state index in [2.05, 4.69) is 28.7 Å². The number of hydrogen-bond donors (Lipinski definition) is 0. The summed E-state index contributed by atoms with van der Waals surface area (Å²) in [5.74, 6) is 0. The highest BCUT2D eigenvalue weighted by Crippen LogP contribution is 2.34. The van der Waals surface area contributed by atoms with Gasteiger partial charge in [-0.25, -0.2) is 0 Å². The summed E-state index contributed by atoms with van der Waals surface area (Å²) in [6, 6.07) is 0. The van der Waals surface area contributed by atoms with Crippen LogP contribution in [0.25, 0.3) is 0 Å². The van der Waals surface area contributed by atoms with Crippen LogP contribution >= 0.6 is 25.0 Å². The van der Waals surface area contributed by atoms with Crippen LogP contribution in [0, 0.1) is 0 Å². The Kier molecular flexibility index (Phi) is 11.2. The van der Waals surface area contributed by atoms with E-state index in [1.165, 1.54) is 19.3 Å². The Hall–Kier alpha value is 0.620. The molecule has 0 saturated carbocycles. The molecule has 70 valence electrons. The molecule has 0 aliphatic heterocycles. The average molecular weight is 253 g/mol. The van der Waals surface area contributed by atoms with Gasteiger partial charge in [0.2, 0.25) is 0 Å². The fourth-order valence-electron chi connectivity index (χ4n) is 0.354. The van der Waals surface area contributed by atoms with Crippen LogP contribution in [0.3, 0.4) is 0 Å². The summed E-state index contributed by atoms with van der Waals surface area (Å²) in [7, 11) is -0.306. The smallest absolute Gasteiger partial charge is 0.160 e. The Morgan fingerprint density at radius 1 is 1.18 bits per heavy atom. The predicted molar refractivity (Wildman–Crippen MR) is 47.8 cm³/mol. The van der Waals surface area contributed by atoms with Crippen LogP contribution in [0.2, 0.25) is 0 Å². The van der Waals surface area contributed by atoms with E-state index in [9.17, 15) is 13.2 Å². The molecule has 0 spiro atoms. The van der Waals surface area contributed by atoms with Crippen molar-refractivity contribution in [2.24, 2.45) is 0 Å². The molecule has 0 aromatic carbocycles. The number of alkyl halides is 3. The Labute approximate surface area is 77.1 Å². The zero-order chi connectivity index (χ0) is 9.33. The maximum Gasteiger partial charge on any atom is 0.452 e. The van der Waals surface area contributed by atoms with Gasteiger partial charge in [-0.3, -0.25) is 0 Å². The van der Waals surface area contributed by atoms with E-state index in [4.69, 9.17) is 0 Å². The minimum absolute atomic E-state index is 0.306. The average Bonchev–Trinajstić information content (AvgIpc) is 1.90. The third kappa shape index (κ3) is 25.0. The van der Waals surface area contributed by atoms with Crippen molar-refractivity contribution in [2.75, 3.05) is 0 Å². The summed E-state index contributed by atoms with van der Waals surface area (Å²) in [4.78, 5) is 0. The van der Waals surface area contributed by atoms with Crippen molar-refractivity contribution < 1.29 is 13.2 Å². The summed E-state index contributed by atoms with van der Waals surface area (Å²) < 4.78 is 32.1. The molecular formula is C6H12BrF3S. The van der Waals surface area contributed by atoms with Crippen LogP contribution in [-0.2, 0) is 0 Å². The van der Waals surface area contributed by atoms with Gasteiger partial charge in [-0.2, -0.15) is 13.2 Å². The first-order valence-corrected chi connectivity index (χ1v) is 6.00. The minimum atomic E-state index is -4.12. The van der Waals surface area contributed by atoms with Crippen LogP contribution in [-0.4, -0.2) is 5.51 Å². The van der Waals surface area contributed by atoms with Crippen molar-refractivity contribution in [1.82, 2.24) is 0 Å². The number of unbranched alkanes of at least 4 members (excludes halogenated alkanes) is 2. The molecule has 0 nitrogen and oxygen atoms in total. The summed E-state index contributed by atoms with van der Waals surface area (Å²) in [6.45, 7) is 4.42. The van der Waals surface area contributed by atoms with E-state index in [0.717, 1.165) is 0 Å². The minimum Gasteiger partial charge on any atom is -0.160 e. The Morgan fingerprint density at radius 3 is 1.45 bits per heavy atom. The van der Waals surface area contributed by atoms with Crippen molar-refractivity contribution in [3.8, 4) is 0 Å². The Balaban J connectivity index is 0. The van der Waals surface area contributed by atoms with Gasteiger partial charge in [0.05, 0.1) is 0 Å². The first-order valence-electron chi connectivity index (χ1n) is 3.34. The number of hydrogen-bond acceptors (Lipinski definition) is 1. The normalized spacial score (nSPS) is 10.4. The van der Waals surface area contributed by atoms with Crippen molar-refractivity contribution in [2.45, 2.75) is 38.6 Å². The molecule has 0 aromatic rings. The zero-order valence-electron chi connectivity index (χ0n) is 6.54. The summed E-state index contributed by atoms with van der Waals surface area (Å²) in [5, 5.41) is 0. The lowest BCUT2D eigenvalue weighted by atomic mass is 10.3. The number of rotatable bonds is 2. The van der Waals surface area contributed by atoms with Crippen molar-refractivity contribution in [3.63, 3.8) is 0 Å². The molecular weight excluding hydrogens is 241 g/mol. The maximum absolute atomic E-state index is 10.7. The first-order chi connectivity index (χ1) is 4.97. The Bertz CT molecular complexity index is 72.7. The van der Waals surface area contributed by atoms with E-state index >= 15 is 0 Å². The molecule has 0 unspecified atom stereocenters. The van der Waals surface area contributed by atoms with E-state index in [0.29, 0.717) is 0 Å². The maximum atomic E-state index is 10.7. The fraction of sp³-hybridized carbons (Fsp3) is 1.00. The quantitative estimate of drug-likeness (QED) is 0.684. The molecule has 0 amide bonds. The van der Waals surface area contributed by atoms with E-state index in [1.807, 2.05) is 0 Å². The highest BCUT2D eigenvalue weighted by Gasteiger charge is 2.26. The molecule has 0 N–H and O–H groups in total. The molecule has 0 bridgehead atoms. The fourth-order valence-corrected chi connectivity index (χ4v) is 0.354. The van der Waals surface area contributed by atoms with Gasteiger partial charge >= 0.3 is 5.51 Å². The second-order valence-corrected chi connectivity index (χ2v) is 3.46. The third-order valence-corrected chi connectivity index (χ3v) is 2.07. The van der Waals surface area contributed by atoms with Crippen LogP contribution in [0.1, 0.15) is 33.1 Å². The highest BCUT2D eigenvalue weighted by molar-refractivity contribution is 9.50. The van der Waals surface area contributed by atoms with Gasteiger partial charge < -0.3 is 0 Å². The van der Waals surface area contributed by atoms with Gasteiger partial charge in [-0.15, -0.1) is 0 Å². The lowest BCUT2D eigenvalue weighted by Crippen LogP contribution is -1.93. The largest absolute Gasteiger partial charge is 0.452 e. The summed E-state index contributed by atoms with van der Waals surface area (Å²) in [6.07, 6.45) is 4.08. The summed E-state index contributed by atoms with van der Waals surface area (Å²) in [5.41, 5.74) is -4.12. The van der Waals surface area contributed by atoms with Crippen molar-refractivity contribution in [1.29, 1.82) is 0 Å². The molecule has 5 heteroatoms. The van der Waals surface area contributed by atoms with Gasteiger partial charge in [0.15, 0.2) is 0 Å².